The SMILES string of the molecule is CN(C(=O)CN1CCOCC1)c1nc(-c2c[nH]c3ccccc23)cs1. The number of H-pyrrole nitrogens is 1. The Morgan fingerprint density at radius 2 is 2.16 bits per heavy atom. The van der Waals surface area contributed by atoms with E-state index < -0.39 is 0 Å². The lowest BCUT2D eigenvalue weighted by Crippen LogP contribution is -2.43. The number of ether oxygens (including phenoxy) is 1. The maximum Gasteiger partial charge on any atom is 0.242 e. The van der Waals surface area contributed by atoms with Gasteiger partial charge in [0.1, 0.15) is 0 Å². The predicted molar refractivity (Wildman–Crippen MR) is 100 cm³/mol. The fourth-order valence-electron chi connectivity index (χ4n) is 2.99. The Morgan fingerprint density at radius 1 is 1.36 bits per heavy atom. The molecule has 1 aliphatic heterocycles. The summed E-state index contributed by atoms with van der Waals surface area (Å²) in [5.74, 6) is 0.0572. The van der Waals surface area contributed by atoms with Gasteiger partial charge in [-0.1, -0.05) is 18.2 Å². The molecule has 3 heterocycles. The Balaban J connectivity index is 1.51. The average molecular weight is 356 g/mol. The number of amides is 1. The van der Waals surface area contributed by atoms with E-state index in [-0.39, 0.29) is 5.91 Å². The topological polar surface area (TPSA) is 61.5 Å². The van der Waals surface area contributed by atoms with Crippen molar-refractivity contribution in [2.45, 2.75) is 0 Å². The smallest absolute Gasteiger partial charge is 0.242 e. The largest absolute Gasteiger partial charge is 0.379 e. The second-order valence-corrected chi connectivity index (χ2v) is 6.94. The van der Waals surface area contributed by atoms with Crippen molar-refractivity contribution in [1.29, 1.82) is 0 Å². The Morgan fingerprint density at radius 3 is 3.00 bits per heavy atom. The van der Waals surface area contributed by atoms with Crippen LogP contribution in [0, 0.1) is 0 Å². The Bertz CT molecular complexity index is 882. The van der Waals surface area contributed by atoms with Crippen LogP contribution in [-0.4, -0.2) is 60.7 Å². The lowest BCUT2D eigenvalue weighted by Gasteiger charge is -2.27. The van der Waals surface area contributed by atoms with Gasteiger partial charge in [0.2, 0.25) is 5.91 Å². The molecule has 0 unspecified atom stereocenters. The van der Waals surface area contributed by atoms with Crippen LogP contribution in [0.3, 0.4) is 0 Å². The van der Waals surface area contributed by atoms with E-state index in [0.717, 1.165) is 40.4 Å². The van der Waals surface area contributed by atoms with Crippen molar-refractivity contribution in [3.8, 4) is 11.3 Å². The zero-order valence-corrected chi connectivity index (χ0v) is 14.9. The number of aromatic nitrogens is 2. The van der Waals surface area contributed by atoms with Crippen LogP contribution in [-0.2, 0) is 9.53 Å². The monoisotopic (exact) mass is 356 g/mol. The third-order valence-corrected chi connectivity index (χ3v) is 5.40. The van der Waals surface area contributed by atoms with Crippen LogP contribution in [0.15, 0.2) is 35.8 Å². The minimum atomic E-state index is 0.0572. The van der Waals surface area contributed by atoms with Gasteiger partial charge in [0.25, 0.3) is 0 Å². The van der Waals surface area contributed by atoms with Gasteiger partial charge in [0.15, 0.2) is 5.13 Å². The van der Waals surface area contributed by atoms with E-state index in [9.17, 15) is 4.79 Å². The van der Waals surface area contributed by atoms with E-state index in [0.29, 0.717) is 19.8 Å². The van der Waals surface area contributed by atoms with Gasteiger partial charge in [-0.15, -0.1) is 11.3 Å². The van der Waals surface area contributed by atoms with Crippen LogP contribution >= 0.6 is 11.3 Å². The molecule has 1 N–H and O–H groups in total. The molecule has 0 bridgehead atoms. The Labute approximate surface area is 150 Å². The molecule has 0 radical (unpaired) electrons. The first-order valence-corrected chi connectivity index (χ1v) is 9.19. The number of fused-ring (bicyclic) bond motifs is 1. The van der Waals surface area contributed by atoms with E-state index in [4.69, 9.17) is 4.74 Å². The molecule has 4 rings (SSSR count). The highest BCUT2D eigenvalue weighted by Gasteiger charge is 2.20. The quantitative estimate of drug-likeness (QED) is 0.781. The third kappa shape index (κ3) is 3.30. The molecule has 130 valence electrons. The Kier molecular flexibility index (Phi) is 4.52. The number of thiazole rings is 1. The lowest BCUT2D eigenvalue weighted by molar-refractivity contribution is -0.120. The van der Waals surface area contributed by atoms with Crippen molar-refractivity contribution in [2.75, 3.05) is 44.8 Å². The molecule has 25 heavy (non-hydrogen) atoms. The summed E-state index contributed by atoms with van der Waals surface area (Å²) in [5, 5.41) is 3.86. The molecular formula is C18H20N4O2S. The van der Waals surface area contributed by atoms with Crippen LogP contribution in [0.25, 0.3) is 22.2 Å². The molecule has 3 aromatic rings. The van der Waals surface area contributed by atoms with Crippen molar-refractivity contribution in [1.82, 2.24) is 14.9 Å². The highest BCUT2D eigenvalue weighted by Crippen LogP contribution is 2.32. The number of morpholine rings is 1. The van der Waals surface area contributed by atoms with Crippen molar-refractivity contribution >= 4 is 33.3 Å². The Hall–Kier alpha value is -2.22. The number of anilines is 1. The van der Waals surface area contributed by atoms with E-state index in [1.807, 2.05) is 29.8 Å². The van der Waals surface area contributed by atoms with Crippen molar-refractivity contribution < 1.29 is 9.53 Å². The summed E-state index contributed by atoms with van der Waals surface area (Å²) in [5.41, 5.74) is 3.04. The van der Waals surface area contributed by atoms with E-state index in [2.05, 4.69) is 20.9 Å². The van der Waals surface area contributed by atoms with Crippen molar-refractivity contribution in [3.05, 3.63) is 35.8 Å². The molecular weight excluding hydrogens is 336 g/mol. The summed E-state index contributed by atoms with van der Waals surface area (Å²) in [7, 11) is 1.79. The molecule has 1 amide bonds. The molecule has 1 saturated heterocycles. The van der Waals surface area contributed by atoms with Crippen LogP contribution in [0.2, 0.25) is 0 Å². The highest BCUT2D eigenvalue weighted by molar-refractivity contribution is 7.14. The predicted octanol–water partition coefficient (Wildman–Crippen LogP) is 2.59. The minimum absolute atomic E-state index is 0.0572. The van der Waals surface area contributed by atoms with Gasteiger partial charge in [0.05, 0.1) is 25.5 Å². The van der Waals surface area contributed by atoms with Crippen LogP contribution in [0.1, 0.15) is 0 Å². The minimum Gasteiger partial charge on any atom is -0.379 e. The van der Waals surface area contributed by atoms with Gasteiger partial charge in [-0.05, 0) is 6.07 Å². The zero-order valence-electron chi connectivity index (χ0n) is 14.1. The standard InChI is InChI=1S/C18H20N4O2S/c1-21(17(23)11-22-6-8-24-9-7-22)18-20-16(12-25-18)14-10-19-15-5-3-2-4-13(14)15/h2-5,10,12,19H,6-9,11H2,1H3. The number of nitrogens with one attached hydrogen (secondary N) is 1. The maximum absolute atomic E-state index is 12.5. The van der Waals surface area contributed by atoms with E-state index in [1.54, 1.807) is 11.9 Å². The molecule has 0 spiro atoms. The third-order valence-electron chi connectivity index (χ3n) is 4.48. The first kappa shape index (κ1) is 16.3. The number of nitrogens with zero attached hydrogens (tertiary/aromatic N) is 3. The zero-order chi connectivity index (χ0) is 17.2. The van der Waals surface area contributed by atoms with Crippen molar-refractivity contribution in [3.63, 3.8) is 0 Å². The summed E-state index contributed by atoms with van der Waals surface area (Å²) < 4.78 is 5.33. The summed E-state index contributed by atoms with van der Waals surface area (Å²) in [6, 6.07) is 8.15. The number of carbonyl (C=O) groups excluding carboxylic acids is 1. The first-order chi connectivity index (χ1) is 12.2. The number of likely N-dealkylation sites (N-methyl/N-ethyl adjacent to an activating group) is 1. The van der Waals surface area contributed by atoms with Crippen LogP contribution < -0.4 is 4.90 Å². The molecule has 7 heteroatoms. The van der Waals surface area contributed by atoms with Crippen molar-refractivity contribution in [2.24, 2.45) is 0 Å². The summed E-state index contributed by atoms with van der Waals surface area (Å²) in [6.07, 6.45) is 1.97. The van der Waals surface area contributed by atoms with E-state index in [1.165, 1.54) is 11.3 Å². The van der Waals surface area contributed by atoms with Gasteiger partial charge in [-0.3, -0.25) is 14.6 Å². The highest BCUT2D eigenvalue weighted by atomic mass is 32.1. The number of hydrogen-bond donors (Lipinski definition) is 1. The molecule has 0 aliphatic carbocycles. The fraction of sp³-hybridized carbons (Fsp3) is 0.333. The molecule has 1 aromatic carbocycles. The van der Waals surface area contributed by atoms with Gasteiger partial charge in [-0.25, -0.2) is 4.98 Å². The van der Waals surface area contributed by atoms with E-state index >= 15 is 0 Å². The number of para-hydroxylation sites is 1. The molecule has 1 aliphatic rings. The van der Waals surface area contributed by atoms with Gasteiger partial charge in [-0.2, -0.15) is 0 Å². The average Bonchev–Trinajstić information content (AvgIpc) is 3.28. The normalized spacial score (nSPS) is 15.6. The second-order valence-electron chi connectivity index (χ2n) is 6.10. The number of aromatic amines is 1. The first-order valence-electron chi connectivity index (χ1n) is 8.31. The van der Waals surface area contributed by atoms with Crippen LogP contribution in [0.5, 0.6) is 0 Å². The second kappa shape index (κ2) is 6.95. The fourth-order valence-corrected chi connectivity index (χ4v) is 3.80. The number of benzene rings is 1. The molecule has 0 saturated carbocycles. The van der Waals surface area contributed by atoms with Gasteiger partial charge < -0.3 is 9.72 Å². The molecule has 6 nitrogen and oxygen atoms in total. The summed E-state index contributed by atoms with van der Waals surface area (Å²) >= 11 is 1.49. The molecule has 0 atom stereocenters. The van der Waals surface area contributed by atoms with Crippen LogP contribution in [0.4, 0.5) is 5.13 Å². The van der Waals surface area contributed by atoms with Gasteiger partial charge in [0, 0.05) is 48.2 Å². The molecule has 2 aromatic heterocycles. The lowest BCUT2D eigenvalue weighted by atomic mass is 10.1. The summed E-state index contributed by atoms with van der Waals surface area (Å²) in [6.45, 7) is 3.40. The number of carbonyl (C=O) groups is 1. The number of rotatable bonds is 4. The number of hydrogen-bond acceptors (Lipinski definition) is 5. The summed E-state index contributed by atoms with van der Waals surface area (Å²) in [4.78, 5) is 24.2. The maximum atomic E-state index is 12.5. The molecule has 1 fully saturated rings. The van der Waals surface area contributed by atoms with Gasteiger partial charge >= 0.3 is 0 Å².